The lowest BCUT2D eigenvalue weighted by molar-refractivity contribution is -0.112. The number of nitrogens with zero attached hydrogens (tertiary/aromatic N) is 1. The van der Waals surface area contributed by atoms with E-state index in [0.29, 0.717) is 5.02 Å². The van der Waals surface area contributed by atoms with Crippen molar-refractivity contribution in [1.29, 1.82) is 0 Å². The fourth-order valence-corrected chi connectivity index (χ4v) is 2.62. The zero-order chi connectivity index (χ0) is 12.3. The first kappa shape index (κ1) is 12.9. The van der Waals surface area contributed by atoms with E-state index in [1.54, 1.807) is 6.07 Å². The Hall–Kier alpha value is -0.570. The van der Waals surface area contributed by atoms with Crippen molar-refractivity contribution in [1.82, 2.24) is 4.90 Å². The van der Waals surface area contributed by atoms with Crippen LogP contribution < -0.4 is 0 Å². The third kappa shape index (κ3) is 3.44. The number of aldehydes is 1. The molecule has 1 heterocycles. The lowest BCUT2D eigenvalue weighted by atomic mass is 9.99. The Morgan fingerprint density at radius 2 is 2.24 bits per heavy atom. The average Bonchev–Trinajstić information content (AvgIpc) is 2.34. The molecule has 0 N–H and O–H groups in total. The predicted molar refractivity (Wildman–Crippen MR) is 70.5 cm³/mol. The van der Waals surface area contributed by atoms with Gasteiger partial charge in [-0.3, -0.25) is 4.90 Å². The van der Waals surface area contributed by atoms with Gasteiger partial charge in [0.15, 0.2) is 0 Å². The molecule has 1 aromatic carbocycles. The quantitative estimate of drug-likeness (QED) is 0.786. The highest BCUT2D eigenvalue weighted by Gasteiger charge is 2.19. The molecule has 2 nitrogen and oxygen atoms in total. The zero-order valence-corrected chi connectivity index (χ0v) is 11.0. The summed E-state index contributed by atoms with van der Waals surface area (Å²) in [5.74, 6) is 0.168. The largest absolute Gasteiger partial charge is 0.303 e. The van der Waals surface area contributed by atoms with Crippen molar-refractivity contribution in [2.24, 2.45) is 5.92 Å². The van der Waals surface area contributed by atoms with Gasteiger partial charge in [0.25, 0.3) is 0 Å². The van der Waals surface area contributed by atoms with Crippen molar-refractivity contribution < 1.29 is 4.79 Å². The van der Waals surface area contributed by atoms with Crippen molar-refractivity contribution in [3.63, 3.8) is 0 Å². The van der Waals surface area contributed by atoms with Crippen molar-refractivity contribution in [2.45, 2.75) is 19.4 Å². The molecule has 1 aliphatic rings. The van der Waals surface area contributed by atoms with E-state index in [1.165, 1.54) is 0 Å². The van der Waals surface area contributed by atoms with Crippen LogP contribution in [0.2, 0.25) is 10.0 Å². The molecule has 0 saturated carbocycles. The average molecular weight is 272 g/mol. The number of carbonyl (C=O) groups excluding carboxylic acids is 1. The van der Waals surface area contributed by atoms with Crippen LogP contribution >= 0.6 is 23.2 Å². The molecule has 0 radical (unpaired) electrons. The van der Waals surface area contributed by atoms with Gasteiger partial charge in [0.05, 0.1) is 0 Å². The van der Waals surface area contributed by atoms with Crippen LogP contribution in [0.1, 0.15) is 18.4 Å². The molecule has 0 aliphatic carbocycles. The van der Waals surface area contributed by atoms with Gasteiger partial charge in [-0.25, -0.2) is 0 Å². The van der Waals surface area contributed by atoms with E-state index >= 15 is 0 Å². The van der Waals surface area contributed by atoms with Gasteiger partial charge in [-0.1, -0.05) is 23.2 Å². The molecule has 2 rings (SSSR count). The van der Waals surface area contributed by atoms with Crippen molar-refractivity contribution in [2.75, 3.05) is 13.1 Å². The summed E-state index contributed by atoms with van der Waals surface area (Å²) in [6.45, 7) is 2.61. The summed E-state index contributed by atoms with van der Waals surface area (Å²) < 4.78 is 0. The van der Waals surface area contributed by atoms with Crippen LogP contribution in [0.5, 0.6) is 0 Å². The van der Waals surface area contributed by atoms with Crippen LogP contribution in [0.25, 0.3) is 0 Å². The predicted octanol–water partition coefficient (Wildman–Crippen LogP) is 3.40. The highest BCUT2D eigenvalue weighted by atomic mass is 35.5. The fourth-order valence-electron chi connectivity index (χ4n) is 2.25. The summed E-state index contributed by atoms with van der Waals surface area (Å²) in [6.07, 6.45) is 3.14. The molecule has 4 heteroatoms. The van der Waals surface area contributed by atoms with Gasteiger partial charge in [0.2, 0.25) is 0 Å². The van der Waals surface area contributed by atoms with Crippen LogP contribution in [0, 0.1) is 5.92 Å². The summed E-state index contributed by atoms with van der Waals surface area (Å²) >= 11 is 12.1. The highest BCUT2D eigenvalue weighted by Crippen LogP contribution is 2.24. The third-order valence-electron chi connectivity index (χ3n) is 3.14. The molecule has 1 aromatic rings. The maximum atomic E-state index is 10.8. The Morgan fingerprint density at radius 1 is 1.41 bits per heavy atom. The smallest absolute Gasteiger partial charge is 0.124 e. The fraction of sp³-hybridized carbons (Fsp3) is 0.462. The SMILES string of the molecule is O=CC1CCCN(Cc2cc(Cl)ccc2Cl)C1. The first-order valence-corrected chi connectivity index (χ1v) is 6.56. The number of piperidine rings is 1. The third-order valence-corrected chi connectivity index (χ3v) is 3.74. The van der Waals surface area contributed by atoms with Crippen molar-refractivity contribution in [3.05, 3.63) is 33.8 Å². The molecule has 1 saturated heterocycles. The van der Waals surface area contributed by atoms with Crippen molar-refractivity contribution >= 4 is 29.5 Å². The summed E-state index contributed by atoms with van der Waals surface area (Å²) in [5.41, 5.74) is 1.03. The summed E-state index contributed by atoms with van der Waals surface area (Å²) in [5, 5.41) is 1.44. The van der Waals surface area contributed by atoms with Crippen LogP contribution in [0.4, 0.5) is 0 Å². The minimum absolute atomic E-state index is 0.168. The van der Waals surface area contributed by atoms with E-state index < -0.39 is 0 Å². The molecule has 0 bridgehead atoms. The normalized spacial score (nSPS) is 21.4. The maximum absolute atomic E-state index is 10.8. The van der Waals surface area contributed by atoms with E-state index in [9.17, 15) is 4.79 Å². The molecule has 1 aliphatic heterocycles. The lowest BCUT2D eigenvalue weighted by Crippen LogP contribution is -2.35. The van der Waals surface area contributed by atoms with Gasteiger partial charge in [-0.05, 0) is 43.1 Å². The monoisotopic (exact) mass is 271 g/mol. The van der Waals surface area contributed by atoms with Crippen LogP contribution in [-0.4, -0.2) is 24.3 Å². The van der Waals surface area contributed by atoms with E-state index in [1.807, 2.05) is 12.1 Å². The topological polar surface area (TPSA) is 20.3 Å². The first-order chi connectivity index (χ1) is 8.19. The Balaban J connectivity index is 2.04. The van der Waals surface area contributed by atoms with E-state index in [4.69, 9.17) is 23.2 Å². The molecular formula is C13H15Cl2NO. The number of halogens is 2. The van der Waals surface area contributed by atoms with Gasteiger partial charge in [0, 0.05) is 29.1 Å². The Bertz CT molecular complexity index is 408. The Morgan fingerprint density at radius 3 is 3.00 bits per heavy atom. The zero-order valence-electron chi connectivity index (χ0n) is 9.53. The minimum atomic E-state index is 0.168. The Labute approximate surface area is 112 Å². The molecule has 17 heavy (non-hydrogen) atoms. The van der Waals surface area contributed by atoms with Crippen LogP contribution in [0.3, 0.4) is 0 Å². The number of hydrogen-bond acceptors (Lipinski definition) is 2. The molecule has 0 spiro atoms. The summed E-state index contributed by atoms with van der Waals surface area (Å²) in [4.78, 5) is 13.1. The molecule has 1 unspecified atom stereocenters. The minimum Gasteiger partial charge on any atom is -0.303 e. The number of benzene rings is 1. The van der Waals surface area contributed by atoms with Gasteiger partial charge < -0.3 is 4.79 Å². The standard InChI is InChI=1S/C13H15Cl2NO/c14-12-3-4-13(15)11(6-12)8-16-5-1-2-10(7-16)9-17/h3-4,6,9-10H,1-2,5,7-8H2. The number of carbonyl (C=O) groups is 1. The van der Waals surface area contributed by atoms with Crippen LogP contribution in [-0.2, 0) is 11.3 Å². The van der Waals surface area contributed by atoms with Gasteiger partial charge in [-0.2, -0.15) is 0 Å². The second-order valence-electron chi connectivity index (χ2n) is 4.51. The lowest BCUT2D eigenvalue weighted by Gasteiger charge is -2.30. The number of rotatable bonds is 3. The molecular weight excluding hydrogens is 257 g/mol. The molecule has 0 amide bonds. The summed E-state index contributed by atoms with van der Waals surface area (Å²) in [7, 11) is 0. The number of likely N-dealkylation sites (tertiary alicyclic amines) is 1. The van der Waals surface area contributed by atoms with E-state index in [0.717, 1.165) is 49.3 Å². The van der Waals surface area contributed by atoms with Gasteiger partial charge in [0.1, 0.15) is 6.29 Å². The van der Waals surface area contributed by atoms with E-state index in [-0.39, 0.29) is 5.92 Å². The maximum Gasteiger partial charge on any atom is 0.124 e. The molecule has 1 fully saturated rings. The molecule has 92 valence electrons. The highest BCUT2D eigenvalue weighted by molar-refractivity contribution is 6.33. The second kappa shape index (κ2) is 5.85. The molecule has 1 atom stereocenters. The Kier molecular flexibility index (Phi) is 4.43. The second-order valence-corrected chi connectivity index (χ2v) is 5.35. The first-order valence-electron chi connectivity index (χ1n) is 5.80. The van der Waals surface area contributed by atoms with Gasteiger partial charge in [-0.15, -0.1) is 0 Å². The van der Waals surface area contributed by atoms with Crippen LogP contribution in [0.15, 0.2) is 18.2 Å². The number of hydrogen-bond donors (Lipinski definition) is 0. The summed E-state index contributed by atoms with van der Waals surface area (Å²) in [6, 6.07) is 5.51. The van der Waals surface area contributed by atoms with Crippen molar-refractivity contribution in [3.8, 4) is 0 Å². The van der Waals surface area contributed by atoms with Gasteiger partial charge >= 0.3 is 0 Å². The molecule has 0 aromatic heterocycles. The van der Waals surface area contributed by atoms with E-state index in [2.05, 4.69) is 4.90 Å².